The van der Waals surface area contributed by atoms with Crippen molar-refractivity contribution in [3.8, 4) is 11.6 Å². The smallest absolute Gasteiger partial charge is 0.506 e. The van der Waals surface area contributed by atoms with Gasteiger partial charge >= 0.3 is 6.36 Å². The maximum absolute atomic E-state index is 12.0. The third kappa shape index (κ3) is 3.24. The van der Waals surface area contributed by atoms with E-state index in [0.29, 0.717) is 0 Å². The van der Waals surface area contributed by atoms with E-state index in [1.54, 1.807) is 0 Å². The van der Waals surface area contributed by atoms with Crippen molar-refractivity contribution in [1.29, 1.82) is 0 Å². The van der Waals surface area contributed by atoms with Crippen LogP contribution in [0.5, 0.6) is 11.6 Å². The van der Waals surface area contributed by atoms with Gasteiger partial charge in [-0.15, -0.1) is 13.2 Å². The maximum Gasteiger partial charge on any atom is 0.574 e. The number of ether oxygens (including phenoxy) is 1. The fourth-order valence-electron chi connectivity index (χ4n) is 0.972. The Hall–Kier alpha value is -1.02. The highest BCUT2D eigenvalue weighted by molar-refractivity contribution is 9.08. The fraction of sp³-hybridized carbons (Fsp3) is 0.375. The Morgan fingerprint density at radius 2 is 2.06 bits per heavy atom. The van der Waals surface area contributed by atoms with Crippen LogP contribution in [0.2, 0.25) is 0 Å². The van der Waals surface area contributed by atoms with Gasteiger partial charge in [0, 0.05) is 10.9 Å². The Morgan fingerprint density at radius 1 is 1.44 bits per heavy atom. The second kappa shape index (κ2) is 4.88. The number of hydrogen-bond acceptors (Lipinski definition) is 4. The molecule has 0 radical (unpaired) electrons. The van der Waals surface area contributed by atoms with Crippen molar-refractivity contribution in [3.05, 3.63) is 17.3 Å². The summed E-state index contributed by atoms with van der Waals surface area (Å²) < 4.78 is 39.6. The molecule has 0 unspecified atom stereocenters. The highest BCUT2D eigenvalue weighted by atomic mass is 79.9. The summed E-state index contributed by atoms with van der Waals surface area (Å²) in [5.41, 5.74) is -0.240. The Kier molecular flexibility index (Phi) is 3.98. The van der Waals surface area contributed by atoms with Gasteiger partial charge in [-0.2, -0.15) is 0 Å². The molecule has 90 valence electrons. The summed E-state index contributed by atoms with van der Waals surface area (Å²) in [5, 5.41) is 18.0. The molecule has 2 N–H and O–H groups in total. The highest BCUT2D eigenvalue weighted by Gasteiger charge is 2.33. The van der Waals surface area contributed by atoms with Gasteiger partial charge in [0.15, 0.2) is 0 Å². The number of aromatic nitrogens is 1. The van der Waals surface area contributed by atoms with E-state index < -0.39 is 18.8 Å². The van der Waals surface area contributed by atoms with Gasteiger partial charge < -0.3 is 14.9 Å². The summed E-state index contributed by atoms with van der Waals surface area (Å²) in [7, 11) is 0. The van der Waals surface area contributed by atoms with Crippen LogP contribution in [0.15, 0.2) is 6.07 Å². The molecule has 0 spiro atoms. The lowest BCUT2D eigenvalue weighted by Crippen LogP contribution is -2.19. The van der Waals surface area contributed by atoms with Gasteiger partial charge in [0.2, 0.25) is 5.88 Å². The normalized spacial score (nSPS) is 11.6. The second-order valence-corrected chi connectivity index (χ2v) is 3.32. The van der Waals surface area contributed by atoms with Crippen LogP contribution in [0, 0.1) is 0 Å². The van der Waals surface area contributed by atoms with Crippen molar-refractivity contribution in [1.82, 2.24) is 4.98 Å². The summed E-state index contributed by atoms with van der Waals surface area (Å²) in [6, 6.07) is 1.05. The molecule has 16 heavy (non-hydrogen) atoms. The summed E-state index contributed by atoms with van der Waals surface area (Å²) in [6.45, 7) is -0.678. The van der Waals surface area contributed by atoms with Crippen molar-refractivity contribution >= 4 is 15.9 Å². The lowest BCUT2D eigenvalue weighted by atomic mass is 10.2. The number of pyridine rings is 1. The van der Waals surface area contributed by atoms with Gasteiger partial charge in [-0.25, -0.2) is 4.98 Å². The SMILES string of the molecule is OCc1nc(OC(F)(F)F)c(CBr)cc1O. The molecular weight excluding hydrogens is 295 g/mol. The van der Waals surface area contributed by atoms with E-state index in [0.717, 1.165) is 6.07 Å². The summed E-state index contributed by atoms with van der Waals surface area (Å²) in [5.74, 6) is -1.07. The molecule has 0 fully saturated rings. The van der Waals surface area contributed by atoms with E-state index in [4.69, 9.17) is 5.11 Å². The number of aliphatic hydroxyl groups is 1. The first-order valence-corrected chi connectivity index (χ1v) is 5.14. The average molecular weight is 302 g/mol. The molecule has 1 heterocycles. The van der Waals surface area contributed by atoms with Crippen LogP contribution >= 0.6 is 15.9 Å². The molecule has 0 aliphatic rings. The number of halogens is 4. The molecule has 0 atom stereocenters. The average Bonchev–Trinajstić information content (AvgIpc) is 2.18. The number of nitrogens with zero attached hydrogens (tertiary/aromatic N) is 1. The van der Waals surface area contributed by atoms with Crippen molar-refractivity contribution in [2.45, 2.75) is 18.3 Å². The largest absolute Gasteiger partial charge is 0.574 e. The minimum absolute atomic E-state index is 0.0324. The predicted octanol–water partition coefficient (Wildman–Crippen LogP) is 2.07. The molecule has 0 amide bonds. The van der Waals surface area contributed by atoms with Crippen molar-refractivity contribution in [2.24, 2.45) is 0 Å². The first-order chi connectivity index (χ1) is 7.37. The van der Waals surface area contributed by atoms with Gasteiger partial charge in [-0.3, -0.25) is 0 Å². The molecule has 4 nitrogen and oxygen atoms in total. The summed E-state index contributed by atoms with van der Waals surface area (Å²) in [6.07, 6.45) is -4.87. The molecule has 1 rings (SSSR count). The molecular formula is C8H7BrF3NO3. The summed E-state index contributed by atoms with van der Waals surface area (Å²) >= 11 is 2.94. The van der Waals surface area contributed by atoms with Crippen molar-refractivity contribution in [2.75, 3.05) is 0 Å². The fourth-order valence-corrected chi connectivity index (χ4v) is 1.37. The van der Waals surface area contributed by atoms with Gasteiger partial charge in [-0.1, -0.05) is 15.9 Å². The van der Waals surface area contributed by atoms with Crippen LogP contribution in [0.4, 0.5) is 13.2 Å². The third-order valence-corrected chi connectivity index (χ3v) is 2.23. The molecule has 8 heteroatoms. The topological polar surface area (TPSA) is 62.6 Å². The van der Waals surface area contributed by atoms with E-state index in [2.05, 4.69) is 25.7 Å². The van der Waals surface area contributed by atoms with Crippen LogP contribution in [0.25, 0.3) is 0 Å². The van der Waals surface area contributed by atoms with E-state index in [1.165, 1.54) is 0 Å². The van der Waals surface area contributed by atoms with E-state index in [-0.39, 0.29) is 22.3 Å². The summed E-state index contributed by atoms with van der Waals surface area (Å²) in [4.78, 5) is 3.37. The Labute approximate surface area is 96.8 Å². The van der Waals surface area contributed by atoms with E-state index in [9.17, 15) is 18.3 Å². The maximum atomic E-state index is 12.0. The molecule has 0 saturated carbocycles. The van der Waals surface area contributed by atoms with Gasteiger partial charge in [0.25, 0.3) is 0 Å². The zero-order valence-electron chi connectivity index (χ0n) is 7.75. The van der Waals surface area contributed by atoms with Crippen LogP contribution in [-0.2, 0) is 11.9 Å². The van der Waals surface area contributed by atoms with Crippen molar-refractivity contribution in [3.63, 3.8) is 0 Å². The minimum Gasteiger partial charge on any atom is -0.506 e. The van der Waals surface area contributed by atoms with Crippen LogP contribution in [0.1, 0.15) is 11.3 Å². The lowest BCUT2D eigenvalue weighted by molar-refractivity contribution is -0.276. The molecule has 0 aliphatic heterocycles. The minimum atomic E-state index is -4.87. The van der Waals surface area contributed by atoms with Crippen molar-refractivity contribution < 1.29 is 28.1 Å². The first-order valence-electron chi connectivity index (χ1n) is 4.01. The second-order valence-electron chi connectivity index (χ2n) is 2.76. The quantitative estimate of drug-likeness (QED) is 0.839. The van der Waals surface area contributed by atoms with Crippen LogP contribution in [0.3, 0.4) is 0 Å². The number of aromatic hydroxyl groups is 1. The molecule has 1 aromatic rings. The van der Waals surface area contributed by atoms with Gasteiger partial charge in [0.05, 0.1) is 6.61 Å². The molecule has 1 aromatic heterocycles. The van der Waals surface area contributed by atoms with Gasteiger partial charge in [-0.05, 0) is 6.07 Å². The van der Waals surface area contributed by atoms with E-state index in [1.807, 2.05) is 0 Å². The monoisotopic (exact) mass is 301 g/mol. The Morgan fingerprint density at radius 3 is 2.50 bits per heavy atom. The Balaban J connectivity index is 3.15. The zero-order valence-corrected chi connectivity index (χ0v) is 9.34. The highest BCUT2D eigenvalue weighted by Crippen LogP contribution is 2.30. The molecule has 0 aromatic carbocycles. The lowest BCUT2D eigenvalue weighted by Gasteiger charge is -2.12. The standard InChI is InChI=1S/C8H7BrF3NO3/c9-2-4-1-6(15)5(3-14)13-7(4)16-8(10,11)12/h1,14-15H,2-3H2. The zero-order chi connectivity index (χ0) is 12.3. The Bertz CT molecular complexity index is 384. The third-order valence-electron chi connectivity index (χ3n) is 1.62. The predicted molar refractivity (Wildman–Crippen MR) is 51.1 cm³/mol. The van der Waals surface area contributed by atoms with Crippen LogP contribution in [-0.4, -0.2) is 21.6 Å². The number of aliphatic hydroxyl groups excluding tert-OH is 1. The van der Waals surface area contributed by atoms with Gasteiger partial charge in [0.1, 0.15) is 11.4 Å². The van der Waals surface area contributed by atoms with E-state index >= 15 is 0 Å². The molecule has 0 bridgehead atoms. The number of rotatable bonds is 3. The van der Waals surface area contributed by atoms with Crippen LogP contribution < -0.4 is 4.74 Å². The first kappa shape index (κ1) is 13.0. The molecule has 0 saturated heterocycles. The number of alkyl halides is 4. The number of hydrogen-bond donors (Lipinski definition) is 2. The molecule has 0 aliphatic carbocycles.